The predicted molar refractivity (Wildman–Crippen MR) is 79.5 cm³/mol. The molecule has 1 saturated heterocycles. The van der Waals surface area contributed by atoms with Gasteiger partial charge in [0.25, 0.3) is 0 Å². The average Bonchev–Trinajstić information content (AvgIpc) is 2.38. The van der Waals surface area contributed by atoms with E-state index in [2.05, 4.69) is 24.1 Å². The van der Waals surface area contributed by atoms with E-state index in [0.717, 1.165) is 32.7 Å². The van der Waals surface area contributed by atoms with Gasteiger partial charge in [-0.05, 0) is 0 Å². The van der Waals surface area contributed by atoms with E-state index in [1.807, 2.05) is 4.90 Å². The summed E-state index contributed by atoms with van der Waals surface area (Å²) in [5.74, 6) is 0.322. The van der Waals surface area contributed by atoms with Crippen molar-refractivity contribution in [3.8, 4) is 0 Å². The zero-order valence-electron chi connectivity index (χ0n) is 13.2. The molecule has 1 aliphatic heterocycles. The number of amides is 2. The Labute approximate surface area is 122 Å². The zero-order chi connectivity index (χ0) is 15.1. The minimum atomic E-state index is 0.117. The first-order chi connectivity index (χ1) is 9.40. The molecule has 20 heavy (non-hydrogen) atoms. The standard InChI is InChI=1S/C14H28N4O2/c1-12(2)15-6-5-13(19)18-9-7-17(8-10-18)11-14(20)16(3)4/h12,15H,5-11H2,1-4H3. The van der Waals surface area contributed by atoms with E-state index in [9.17, 15) is 9.59 Å². The number of carbonyl (C=O) groups excluding carboxylic acids is 2. The van der Waals surface area contributed by atoms with Crippen molar-refractivity contribution in [2.24, 2.45) is 0 Å². The molecule has 6 nitrogen and oxygen atoms in total. The van der Waals surface area contributed by atoms with Crippen LogP contribution in [0.4, 0.5) is 0 Å². The molecule has 6 heteroatoms. The lowest BCUT2D eigenvalue weighted by Crippen LogP contribution is -2.51. The van der Waals surface area contributed by atoms with Gasteiger partial charge in [0.2, 0.25) is 11.8 Å². The van der Waals surface area contributed by atoms with Gasteiger partial charge in [-0.15, -0.1) is 0 Å². The number of rotatable bonds is 6. The smallest absolute Gasteiger partial charge is 0.236 e. The summed E-state index contributed by atoms with van der Waals surface area (Å²) < 4.78 is 0. The van der Waals surface area contributed by atoms with Gasteiger partial charge in [0, 0.05) is 59.3 Å². The van der Waals surface area contributed by atoms with Crippen LogP contribution in [0, 0.1) is 0 Å². The van der Waals surface area contributed by atoms with E-state index in [1.165, 1.54) is 0 Å². The van der Waals surface area contributed by atoms with Gasteiger partial charge in [0.15, 0.2) is 0 Å². The van der Waals surface area contributed by atoms with Crippen molar-refractivity contribution in [2.75, 3.05) is 53.4 Å². The molecule has 2 amide bonds. The van der Waals surface area contributed by atoms with Gasteiger partial charge in [-0.2, -0.15) is 0 Å². The number of likely N-dealkylation sites (N-methyl/N-ethyl adjacent to an activating group) is 1. The quantitative estimate of drug-likeness (QED) is 0.721. The molecule has 1 aliphatic rings. The minimum absolute atomic E-state index is 0.117. The molecule has 0 aromatic rings. The maximum Gasteiger partial charge on any atom is 0.236 e. The van der Waals surface area contributed by atoms with Crippen molar-refractivity contribution >= 4 is 11.8 Å². The lowest BCUT2D eigenvalue weighted by atomic mass is 10.2. The van der Waals surface area contributed by atoms with Gasteiger partial charge in [0.05, 0.1) is 6.54 Å². The zero-order valence-corrected chi connectivity index (χ0v) is 13.2. The van der Waals surface area contributed by atoms with Crippen LogP contribution in [0.2, 0.25) is 0 Å². The fourth-order valence-corrected chi connectivity index (χ4v) is 2.11. The topological polar surface area (TPSA) is 55.9 Å². The van der Waals surface area contributed by atoms with Crippen molar-refractivity contribution in [1.29, 1.82) is 0 Å². The summed E-state index contributed by atoms with van der Waals surface area (Å²) in [6.45, 7) is 8.34. The molecular formula is C14H28N4O2. The number of hydrogen-bond donors (Lipinski definition) is 1. The van der Waals surface area contributed by atoms with E-state index in [4.69, 9.17) is 0 Å². The Bertz CT molecular complexity index is 323. The molecule has 116 valence electrons. The second-order valence-electron chi connectivity index (χ2n) is 5.80. The van der Waals surface area contributed by atoms with Crippen LogP contribution in [-0.2, 0) is 9.59 Å². The maximum absolute atomic E-state index is 12.0. The van der Waals surface area contributed by atoms with Gasteiger partial charge < -0.3 is 15.1 Å². The van der Waals surface area contributed by atoms with Crippen LogP contribution in [0.1, 0.15) is 20.3 Å². The molecule has 1 fully saturated rings. The lowest BCUT2D eigenvalue weighted by Gasteiger charge is -2.34. The number of nitrogens with one attached hydrogen (secondary N) is 1. The largest absolute Gasteiger partial charge is 0.348 e. The average molecular weight is 284 g/mol. The highest BCUT2D eigenvalue weighted by molar-refractivity contribution is 5.78. The van der Waals surface area contributed by atoms with Crippen LogP contribution in [-0.4, -0.2) is 85.9 Å². The van der Waals surface area contributed by atoms with Gasteiger partial charge in [-0.25, -0.2) is 0 Å². The van der Waals surface area contributed by atoms with Crippen LogP contribution >= 0.6 is 0 Å². The SMILES string of the molecule is CC(C)NCCC(=O)N1CCN(CC(=O)N(C)C)CC1. The van der Waals surface area contributed by atoms with Crippen LogP contribution in [0.3, 0.4) is 0 Å². The molecular weight excluding hydrogens is 256 g/mol. The molecule has 0 radical (unpaired) electrons. The first-order valence-corrected chi connectivity index (χ1v) is 7.34. The van der Waals surface area contributed by atoms with Crippen molar-refractivity contribution in [1.82, 2.24) is 20.0 Å². The van der Waals surface area contributed by atoms with E-state index in [0.29, 0.717) is 19.0 Å². The predicted octanol–water partition coefficient (Wildman–Crippen LogP) is -0.393. The van der Waals surface area contributed by atoms with E-state index < -0.39 is 0 Å². The molecule has 0 atom stereocenters. The fourth-order valence-electron chi connectivity index (χ4n) is 2.11. The number of hydrogen-bond acceptors (Lipinski definition) is 4. The summed E-state index contributed by atoms with van der Waals surface area (Å²) >= 11 is 0. The third-order valence-electron chi connectivity index (χ3n) is 3.47. The Hall–Kier alpha value is -1.14. The highest BCUT2D eigenvalue weighted by Crippen LogP contribution is 2.04. The molecule has 1 N–H and O–H groups in total. The van der Waals surface area contributed by atoms with Crippen LogP contribution < -0.4 is 5.32 Å². The Morgan fingerprint density at radius 1 is 1.15 bits per heavy atom. The van der Waals surface area contributed by atoms with Crippen molar-refractivity contribution < 1.29 is 9.59 Å². The normalized spacial score (nSPS) is 16.6. The fraction of sp³-hybridized carbons (Fsp3) is 0.857. The summed E-state index contributed by atoms with van der Waals surface area (Å²) in [5.41, 5.74) is 0. The lowest BCUT2D eigenvalue weighted by molar-refractivity contribution is -0.134. The second-order valence-corrected chi connectivity index (χ2v) is 5.80. The first-order valence-electron chi connectivity index (χ1n) is 7.34. The molecule has 0 spiro atoms. The summed E-state index contributed by atoms with van der Waals surface area (Å²) in [4.78, 5) is 29.3. The molecule has 0 aliphatic carbocycles. The van der Waals surface area contributed by atoms with E-state index in [-0.39, 0.29) is 11.8 Å². The van der Waals surface area contributed by atoms with Crippen molar-refractivity contribution in [3.05, 3.63) is 0 Å². The number of carbonyl (C=O) groups is 2. The molecule has 0 bridgehead atoms. The summed E-state index contributed by atoms with van der Waals surface area (Å²) in [5, 5.41) is 3.25. The third kappa shape index (κ3) is 5.88. The van der Waals surface area contributed by atoms with Crippen LogP contribution in [0.5, 0.6) is 0 Å². The minimum Gasteiger partial charge on any atom is -0.348 e. The molecule has 0 aromatic heterocycles. The highest BCUT2D eigenvalue weighted by Gasteiger charge is 2.22. The summed E-state index contributed by atoms with van der Waals surface area (Å²) in [6, 6.07) is 0.414. The Morgan fingerprint density at radius 2 is 1.75 bits per heavy atom. The first kappa shape index (κ1) is 16.9. The summed E-state index contributed by atoms with van der Waals surface area (Å²) in [7, 11) is 3.54. The van der Waals surface area contributed by atoms with Gasteiger partial charge in [0.1, 0.15) is 0 Å². The Kier molecular flexibility index (Phi) is 6.95. The van der Waals surface area contributed by atoms with Crippen molar-refractivity contribution in [3.63, 3.8) is 0 Å². The van der Waals surface area contributed by atoms with Crippen LogP contribution in [0.25, 0.3) is 0 Å². The molecule has 0 unspecified atom stereocenters. The van der Waals surface area contributed by atoms with Gasteiger partial charge >= 0.3 is 0 Å². The number of nitrogens with zero attached hydrogens (tertiary/aromatic N) is 3. The Morgan fingerprint density at radius 3 is 2.25 bits per heavy atom. The monoisotopic (exact) mass is 284 g/mol. The van der Waals surface area contributed by atoms with E-state index in [1.54, 1.807) is 19.0 Å². The molecule has 1 rings (SSSR count). The van der Waals surface area contributed by atoms with Crippen molar-refractivity contribution in [2.45, 2.75) is 26.3 Å². The Balaban J connectivity index is 2.24. The molecule has 1 heterocycles. The molecule has 0 aromatic carbocycles. The highest BCUT2D eigenvalue weighted by atomic mass is 16.2. The van der Waals surface area contributed by atoms with Gasteiger partial charge in [-0.1, -0.05) is 13.8 Å². The molecule has 0 saturated carbocycles. The third-order valence-corrected chi connectivity index (χ3v) is 3.47. The van der Waals surface area contributed by atoms with Gasteiger partial charge in [-0.3, -0.25) is 14.5 Å². The van der Waals surface area contributed by atoms with Crippen LogP contribution in [0.15, 0.2) is 0 Å². The number of piperazine rings is 1. The maximum atomic E-state index is 12.0. The second kappa shape index (κ2) is 8.21. The van der Waals surface area contributed by atoms with E-state index >= 15 is 0 Å². The summed E-state index contributed by atoms with van der Waals surface area (Å²) in [6.07, 6.45) is 0.550.